The van der Waals surface area contributed by atoms with E-state index in [2.05, 4.69) is 15.3 Å². The molecular weight excluding hydrogens is 258 g/mol. The van der Waals surface area contributed by atoms with Gasteiger partial charge in [0.2, 0.25) is 0 Å². The number of aromatic carboxylic acids is 1. The van der Waals surface area contributed by atoms with Crippen LogP contribution in [0.2, 0.25) is 0 Å². The molecule has 5 nitrogen and oxygen atoms in total. The van der Waals surface area contributed by atoms with Gasteiger partial charge in [-0.15, -0.1) is 22.7 Å². The molecule has 0 amide bonds. The van der Waals surface area contributed by atoms with E-state index in [9.17, 15) is 4.79 Å². The summed E-state index contributed by atoms with van der Waals surface area (Å²) in [5.74, 6) is -0.980. The molecule has 2 aromatic rings. The smallest absolute Gasteiger partial charge is 0.355 e. The number of hydrogen-bond donors (Lipinski definition) is 2. The molecule has 0 aromatic carbocycles. The fraction of sp³-hybridized carbons (Fsp3) is 0.300. The molecule has 0 aliphatic rings. The lowest BCUT2D eigenvalue weighted by molar-refractivity contribution is 0.0690. The maximum absolute atomic E-state index is 10.8. The Hall–Kier alpha value is -1.47. The highest BCUT2D eigenvalue weighted by Gasteiger charge is 2.13. The van der Waals surface area contributed by atoms with Gasteiger partial charge in [-0.25, -0.2) is 14.8 Å². The summed E-state index contributed by atoms with van der Waals surface area (Å²) in [6, 6.07) is 0. The van der Waals surface area contributed by atoms with Crippen LogP contribution in [0.1, 0.15) is 20.4 Å². The van der Waals surface area contributed by atoms with E-state index in [1.807, 2.05) is 5.38 Å². The Balaban J connectivity index is 1.91. The molecule has 0 aliphatic heterocycles. The number of aromatic nitrogens is 2. The third kappa shape index (κ3) is 3.01. The average molecular weight is 269 g/mol. The van der Waals surface area contributed by atoms with Crippen LogP contribution in [0.5, 0.6) is 0 Å². The van der Waals surface area contributed by atoms with Crippen molar-refractivity contribution in [1.82, 2.24) is 9.97 Å². The summed E-state index contributed by atoms with van der Waals surface area (Å²) in [5, 5.41) is 15.6. The Morgan fingerprint density at radius 2 is 2.41 bits per heavy atom. The fourth-order valence-electron chi connectivity index (χ4n) is 1.32. The molecule has 2 heterocycles. The van der Waals surface area contributed by atoms with Gasteiger partial charge in [0.25, 0.3) is 0 Å². The molecule has 0 saturated carbocycles. The third-order valence-corrected chi connectivity index (χ3v) is 3.87. The molecule has 2 N–H and O–H groups in total. The Bertz CT molecular complexity index is 508. The summed E-state index contributed by atoms with van der Waals surface area (Å²) >= 11 is 2.97. The molecule has 17 heavy (non-hydrogen) atoms. The van der Waals surface area contributed by atoms with Gasteiger partial charge in [0.15, 0.2) is 10.8 Å². The third-order valence-electron chi connectivity index (χ3n) is 2.10. The first-order valence-corrected chi connectivity index (χ1v) is 6.69. The number of nitrogens with zero attached hydrogens (tertiary/aromatic N) is 2. The van der Waals surface area contributed by atoms with Gasteiger partial charge < -0.3 is 10.4 Å². The van der Waals surface area contributed by atoms with Crippen molar-refractivity contribution in [3.8, 4) is 0 Å². The number of thiazole rings is 2. The first-order valence-electron chi connectivity index (χ1n) is 5.00. The molecule has 0 radical (unpaired) electrons. The van der Waals surface area contributed by atoms with Crippen molar-refractivity contribution in [2.75, 3.05) is 11.9 Å². The van der Waals surface area contributed by atoms with Crippen LogP contribution in [-0.4, -0.2) is 27.6 Å². The van der Waals surface area contributed by atoms with Crippen molar-refractivity contribution >= 4 is 33.8 Å². The lowest BCUT2D eigenvalue weighted by Gasteiger charge is -1.99. The lowest BCUT2D eigenvalue weighted by atomic mass is 10.4. The maximum atomic E-state index is 10.8. The van der Waals surface area contributed by atoms with Crippen LogP contribution in [0.15, 0.2) is 11.6 Å². The Morgan fingerprint density at radius 1 is 1.59 bits per heavy atom. The van der Waals surface area contributed by atoms with E-state index in [0.717, 1.165) is 11.4 Å². The van der Waals surface area contributed by atoms with Crippen molar-refractivity contribution in [2.45, 2.75) is 13.3 Å². The minimum atomic E-state index is -0.980. The van der Waals surface area contributed by atoms with Crippen molar-refractivity contribution in [1.29, 1.82) is 0 Å². The van der Waals surface area contributed by atoms with Crippen molar-refractivity contribution in [3.63, 3.8) is 0 Å². The molecule has 2 rings (SSSR count). The van der Waals surface area contributed by atoms with Crippen LogP contribution in [0.25, 0.3) is 0 Å². The minimum Gasteiger partial charge on any atom is -0.476 e. The van der Waals surface area contributed by atoms with Crippen molar-refractivity contribution in [3.05, 3.63) is 27.2 Å². The van der Waals surface area contributed by atoms with Gasteiger partial charge in [-0.2, -0.15) is 0 Å². The lowest BCUT2D eigenvalue weighted by Crippen LogP contribution is -2.05. The number of carbonyl (C=O) groups is 1. The molecule has 0 spiro atoms. The Morgan fingerprint density at radius 3 is 3.00 bits per heavy atom. The second-order valence-corrected chi connectivity index (χ2v) is 5.51. The van der Waals surface area contributed by atoms with Crippen LogP contribution >= 0.6 is 22.7 Å². The molecule has 0 fully saturated rings. The standard InChI is InChI=1S/C10H11N3O2S2/c1-6-8(9(14)15)13-10(17-6)12-3-2-7-11-4-5-16-7/h4-5H,2-3H2,1H3,(H,12,13)(H,14,15). The van der Waals surface area contributed by atoms with E-state index >= 15 is 0 Å². The first-order chi connectivity index (χ1) is 8.16. The molecule has 0 unspecified atom stereocenters. The van der Waals surface area contributed by atoms with E-state index < -0.39 is 5.97 Å². The van der Waals surface area contributed by atoms with Crippen LogP contribution in [-0.2, 0) is 6.42 Å². The molecule has 0 saturated heterocycles. The predicted molar refractivity (Wildman–Crippen MR) is 68.1 cm³/mol. The van der Waals surface area contributed by atoms with Crippen LogP contribution in [0, 0.1) is 6.92 Å². The SMILES string of the molecule is Cc1sc(NCCc2nccs2)nc1C(=O)O. The summed E-state index contributed by atoms with van der Waals surface area (Å²) in [6.07, 6.45) is 2.59. The first kappa shape index (κ1) is 12.0. The zero-order valence-corrected chi connectivity index (χ0v) is 10.8. The molecule has 0 atom stereocenters. The van der Waals surface area contributed by atoms with E-state index in [1.54, 1.807) is 24.5 Å². The quantitative estimate of drug-likeness (QED) is 0.870. The Labute approximate surface area is 106 Å². The highest BCUT2D eigenvalue weighted by Crippen LogP contribution is 2.21. The van der Waals surface area contributed by atoms with Gasteiger partial charge in [0.05, 0.1) is 5.01 Å². The minimum absolute atomic E-state index is 0.131. The van der Waals surface area contributed by atoms with E-state index in [-0.39, 0.29) is 5.69 Å². The number of carboxylic acids is 1. The van der Waals surface area contributed by atoms with Gasteiger partial charge in [-0.05, 0) is 6.92 Å². The van der Waals surface area contributed by atoms with Crippen molar-refractivity contribution in [2.24, 2.45) is 0 Å². The normalized spacial score (nSPS) is 10.4. The number of aryl methyl sites for hydroxylation is 1. The van der Waals surface area contributed by atoms with Crippen LogP contribution < -0.4 is 5.32 Å². The van der Waals surface area contributed by atoms with Gasteiger partial charge in [0, 0.05) is 29.4 Å². The fourth-order valence-corrected chi connectivity index (χ4v) is 2.77. The zero-order valence-electron chi connectivity index (χ0n) is 9.14. The monoisotopic (exact) mass is 269 g/mol. The largest absolute Gasteiger partial charge is 0.476 e. The van der Waals surface area contributed by atoms with Gasteiger partial charge >= 0.3 is 5.97 Å². The molecular formula is C10H11N3O2S2. The van der Waals surface area contributed by atoms with E-state index in [1.165, 1.54) is 11.3 Å². The highest BCUT2D eigenvalue weighted by molar-refractivity contribution is 7.15. The van der Waals surface area contributed by atoms with E-state index in [0.29, 0.717) is 16.6 Å². The summed E-state index contributed by atoms with van der Waals surface area (Å²) in [6.45, 7) is 2.46. The summed E-state index contributed by atoms with van der Waals surface area (Å²) in [5.41, 5.74) is 0.131. The predicted octanol–water partition coefficient (Wildman–Crippen LogP) is 2.26. The average Bonchev–Trinajstić information content (AvgIpc) is 2.88. The number of anilines is 1. The summed E-state index contributed by atoms with van der Waals surface area (Å²) in [7, 11) is 0. The second kappa shape index (κ2) is 5.24. The van der Waals surface area contributed by atoms with Gasteiger partial charge in [-0.1, -0.05) is 0 Å². The zero-order chi connectivity index (χ0) is 12.3. The Kier molecular flexibility index (Phi) is 3.70. The molecule has 7 heteroatoms. The van der Waals surface area contributed by atoms with Gasteiger partial charge in [0.1, 0.15) is 0 Å². The number of hydrogen-bond acceptors (Lipinski definition) is 6. The maximum Gasteiger partial charge on any atom is 0.355 e. The van der Waals surface area contributed by atoms with Crippen LogP contribution in [0.3, 0.4) is 0 Å². The molecule has 2 aromatic heterocycles. The molecule has 90 valence electrons. The second-order valence-electron chi connectivity index (χ2n) is 3.33. The molecule has 0 bridgehead atoms. The molecule has 0 aliphatic carbocycles. The van der Waals surface area contributed by atoms with Gasteiger partial charge in [-0.3, -0.25) is 0 Å². The summed E-state index contributed by atoms with van der Waals surface area (Å²) < 4.78 is 0. The van der Waals surface area contributed by atoms with Crippen molar-refractivity contribution < 1.29 is 9.90 Å². The topological polar surface area (TPSA) is 75.1 Å². The number of rotatable bonds is 5. The van der Waals surface area contributed by atoms with Crippen LogP contribution in [0.4, 0.5) is 5.13 Å². The van der Waals surface area contributed by atoms with E-state index in [4.69, 9.17) is 5.11 Å². The number of carboxylic acid groups (broad SMARTS) is 1. The highest BCUT2D eigenvalue weighted by atomic mass is 32.1. The number of nitrogens with one attached hydrogen (secondary N) is 1. The summed E-state index contributed by atoms with van der Waals surface area (Å²) in [4.78, 5) is 19.7.